The molecule has 0 aliphatic carbocycles. The number of nitro groups is 1. The highest BCUT2D eigenvalue weighted by Gasteiger charge is 2.33. The number of benzene rings is 2. The van der Waals surface area contributed by atoms with E-state index in [0.717, 1.165) is 16.7 Å². The number of carbonyl (C=O) groups is 1. The van der Waals surface area contributed by atoms with Crippen LogP contribution in [0.4, 0.5) is 11.4 Å². The van der Waals surface area contributed by atoms with E-state index in [1.165, 1.54) is 54.6 Å². The van der Waals surface area contributed by atoms with Crippen molar-refractivity contribution < 1.29 is 18.1 Å². The fourth-order valence-electron chi connectivity index (χ4n) is 2.35. The van der Waals surface area contributed by atoms with Crippen LogP contribution in [0.15, 0.2) is 58.3 Å². The van der Waals surface area contributed by atoms with Crippen molar-refractivity contribution >= 4 is 50.3 Å². The van der Waals surface area contributed by atoms with E-state index in [1.54, 1.807) is 0 Å². The third kappa shape index (κ3) is 3.89. The maximum atomic E-state index is 12.6. The van der Waals surface area contributed by atoms with Gasteiger partial charge in [0.15, 0.2) is 5.17 Å². The van der Waals surface area contributed by atoms with Crippen molar-refractivity contribution in [2.24, 2.45) is 5.14 Å². The van der Waals surface area contributed by atoms with Gasteiger partial charge in [0.05, 0.1) is 20.4 Å². The molecular formula is C16H12N4O5S2. The van der Waals surface area contributed by atoms with Crippen molar-refractivity contribution in [1.82, 2.24) is 0 Å². The SMILES string of the molecule is N=C1S/C(=C\c2ccc([N+](=O)[O-])cc2)C(=O)N1c1ccc(S(N)(=O)=O)cc1. The van der Waals surface area contributed by atoms with Crippen molar-refractivity contribution in [3.63, 3.8) is 0 Å². The minimum atomic E-state index is -3.85. The number of nitrogens with one attached hydrogen (secondary N) is 1. The Morgan fingerprint density at radius 2 is 1.70 bits per heavy atom. The zero-order valence-electron chi connectivity index (χ0n) is 13.5. The maximum Gasteiger partial charge on any atom is 0.271 e. The van der Waals surface area contributed by atoms with E-state index in [9.17, 15) is 23.3 Å². The van der Waals surface area contributed by atoms with Crippen molar-refractivity contribution in [2.45, 2.75) is 4.90 Å². The number of nitrogens with two attached hydrogens (primary N) is 1. The second kappa shape index (κ2) is 6.95. The molecule has 1 aliphatic rings. The van der Waals surface area contributed by atoms with Gasteiger partial charge >= 0.3 is 0 Å². The van der Waals surface area contributed by atoms with Crippen molar-refractivity contribution in [3.8, 4) is 0 Å². The number of non-ortho nitro benzene ring substituents is 1. The van der Waals surface area contributed by atoms with E-state index in [2.05, 4.69) is 0 Å². The molecule has 11 heteroatoms. The number of nitrogens with zero attached hydrogens (tertiary/aromatic N) is 2. The monoisotopic (exact) mass is 404 g/mol. The molecule has 27 heavy (non-hydrogen) atoms. The molecule has 2 aromatic rings. The molecule has 2 aromatic carbocycles. The first-order chi connectivity index (χ1) is 12.7. The van der Waals surface area contributed by atoms with Gasteiger partial charge in [0, 0.05) is 12.1 Å². The van der Waals surface area contributed by atoms with Gasteiger partial charge in [-0.05, 0) is 59.8 Å². The molecule has 0 unspecified atom stereocenters. The zero-order valence-corrected chi connectivity index (χ0v) is 15.2. The summed E-state index contributed by atoms with van der Waals surface area (Å²) in [5.41, 5.74) is 0.847. The van der Waals surface area contributed by atoms with Crippen molar-refractivity contribution in [2.75, 3.05) is 4.90 Å². The van der Waals surface area contributed by atoms with Crippen LogP contribution in [0.2, 0.25) is 0 Å². The second-order valence-electron chi connectivity index (χ2n) is 5.44. The number of rotatable bonds is 4. The Morgan fingerprint density at radius 3 is 2.22 bits per heavy atom. The fourth-order valence-corrected chi connectivity index (χ4v) is 3.73. The Labute approximate surface area is 158 Å². The standard InChI is InChI=1S/C16H12N4O5S2/c17-16-19(11-5-7-13(8-6-11)27(18,24)25)15(21)14(26-16)9-10-1-3-12(4-2-10)20(22)23/h1-9,17H,(H2,18,24,25)/b14-9-,17-16?. The lowest BCUT2D eigenvalue weighted by Crippen LogP contribution is -2.28. The molecule has 9 nitrogen and oxygen atoms in total. The summed E-state index contributed by atoms with van der Waals surface area (Å²) in [4.78, 5) is 24.1. The largest absolute Gasteiger partial charge is 0.278 e. The molecule has 0 atom stereocenters. The fraction of sp³-hybridized carbons (Fsp3) is 0. The number of sulfonamides is 1. The summed E-state index contributed by atoms with van der Waals surface area (Å²) in [5, 5.41) is 23.7. The molecule has 1 heterocycles. The summed E-state index contributed by atoms with van der Waals surface area (Å²) in [6.45, 7) is 0. The van der Waals surface area contributed by atoms with E-state index < -0.39 is 20.9 Å². The van der Waals surface area contributed by atoms with Crippen LogP contribution in [0.3, 0.4) is 0 Å². The van der Waals surface area contributed by atoms with Gasteiger partial charge in [-0.1, -0.05) is 0 Å². The maximum absolute atomic E-state index is 12.6. The molecule has 1 amide bonds. The average Bonchev–Trinajstić information content (AvgIpc) is 2.88. The van der Waals surface area contributed by atoms with Gasteiger partial charge in [-0.25, -0.2) is 13.6 Å². The summed E-state index contributed by atoms with van der Waals surface area (Å²) in [6, 6.07) is 11.0. The van der Waals surface area contributed by atoms with Crippen molar-refractivity contribution in [3.05, 3.63) is 69.1 Å². The first-order valence-corrected chi connectivity index (χ1v) is 9.73. The number of nitro benzene ring substituents is 1. The summed E-state index contributed by atoms with van der Waals surface area (Å²) >= 11 is 0.936. The summed E-state index contributed by atoms with van der Waals surface area (Å²) in [7, 11) is -3.85. The van der Waals surface area contributed by atoms with Gasteiger partial charge in [-0.2, -0.15) is 0 Å². The van der Waals surface area contributed by atoms with Crippen LogP contribution in [0.25, 0.3) is 6.08 Å². The highest BCUT2D eigenvalue weighted by Crippen LogP contribution is 2.35. The number of carbonyl (C=O) groups excluding carboxylic acids is 1. The van der Waals surface area contributed by atoms with E-state index in [4.69, 9.17) is 10.5 Å². The van der Waals surface area contributed by atoms with E-state index in [0.29, 0.717) is 11.3 Å². The highest BCUT2D eigenvalue weighted by atomic mass is 32.2. The first-order valence-electron chi connectivity index (χ1n) is 7.37. The molecule has 0 bridgehead atoms. The molecule has 1 fully saturated rings. The molecular weight excluding hydrogens is 392 g/mol. The number of primary sulfonamides is 1. The summed E-state index contributed by atoms with van der Waals surface area (Å²) < 4.78 is 22.6. The normalized spacial score (nSPS) is 16.2. The van der Waals surface area contributed by atoms with Gasteiger partial charge in [0.1, 0.15) is 0 Å². The van der Waals surface area contributed by atoms with E-state index >= 15 is 0 Å². The highest BCUT2D eigenvalue weighted by molar-refractivity contribution is 8.19. The van der Waals surface area contributed by atoms with Gasteiger partial charge in [0.25, 0.3) is 11.6 Å². The Balaban J connectivity index is 1.87. The molecule has 0 saturated carbocycles. The lowest BCUT2D eigenvalue weighted by Gasteiger charge is -2.14. The van der Waals surface area contributed by atoms with Crippen LogP contribution in [0.1, 0.15) is 5.56 Å². The Bertz CT molecular complexity index is 1080. The number of amides is 1. The van der Waals surface area contributed by atoms with Gasteiger partial charge in [0.2, 0.25) is 10.0 Å². The minimum absolute atomic E-state index is 0.0449. The number of hydrogen-bond acceptors (Lipinski definition) is 7. The van der Waals surface area contributed by atoms with Crippen LogP contribution >= 0.6 is 11.8 Å². The Morgan fingerprint density at radius 1 is 1.11 bits per heavy atom. The lowest BCUT2D eigenvalue weighted by molar-refractivity contribution is -0.384. The minimum Gasteiger partial charge on any atom is -0.278 e. The first kappa shape index (κ1) is 18.8. The molecule has 0 aromatic heterocycles. The van der Waals surface area contributed by atoms with E-state index in [1.807, 2.05) is 0 Å². The molecule has 1 saturated heterocycles. The molecule has 3 rings (SSSR count). The number of hydrogen-bond donors (Lipinski definition) is 2. The quantitative estimate of drug-likeness (QED) is 0.454. The van der Waals surface area contributed by atoms with Crippen LogP contribution in [-0.4, -0.2) is 24.4 Å². The van der Waals surface area contributed by atoms with Gasteiger partial charge < -0.3 is 0 Å². The van der Waals surface area contributed by atoms with Crippen LogP contribution < -0.4 is 10.0 Å². The molecule has 0 radical (unpaired) electrons. The zero-order chi connectivity index (χ0) is 19.8. The Kier molecular flexibility index (Phi) is 4.83. The summed E-state index contributed by atoms with van der Waals surface area (Å²) in [6.07, 6.45) is 1.53. The molecule has 138 valence electrons. The van der Waals surface area contributed by atoms with Crippen LogP contribution in [0.5, 0.6) is 0 Å². The molecule has 1 aliphatic heterocycles. The number of anilines is 1. The van der Waals surface area contributed by atoms with Crippen molar-refractivity contribution in [1.29, 1.82) is 5.41 Å². The summed E-state index contributed by atoms with van der Waals surface area (Å²) in [5.74, 6) is -0.452. The van der Waals surface area contributed by atoms with E-state index in [-0.39, 0.29) is 20.7 Å². The predicted molar refractivity (Wildman–Crippen MR) is 102 cm³/mol. The molecule has 3 N–H and O–H groups in total. The number of thioether (sulfide) groups is 1. The predicted octanol–water partition coefficient (Wildman–Crippen LogP) is 2.30. The second-order valence-corrected chi connectivity index (χ2v) is 8.04. The van der Waals surface area contributed by atoms with Crippen LogP contribution in [0, 0.1) is 15.5 Å². The Hall–Kier alpha value is -3.02. The topological polar surface area (TPSA) is 147 Å². The average molecular weight is 404 g/mol. The van der Waals surface area contributed by atoms with Crippen LogP contribution in [-0.2, 0) is 14.8 Å². The number of amidine groups is 1. The van der Waals surface area contributed by atoms with Gasteiger partial charge in [-0.15, -0.1) is 0 Å². The lowest BCUT2D eigenvalue weighted by atomic mass is 10.2. The molecule has 0 spiro atoms. The third-order valence-corrected chi connectivity index (χ3v) is 5.47. The third-order valence-electron chi connectivity index (χ3n) is 3.65. The van der Waals surface area contributed by atoms with Gasteiger partial charge in [-0.3, -0.25) is 25.2 Å². The smallest absolute Gasteiger partial charge is 0.271 e.